The van der Waals surface area contributed by atoms with Crippen molar-refractivity contribution in [3.05, 3.63) is 35.9 Å². The normalized spacial score (nSPS) is 11.0. The summed E-state index contributed by atoms with van der Waals surface area (Å²) in [4.78, 5) is 0. The van der Waals surface area contributed by atoms with E-state index in [1.807, 2.05) is 12.1 Å². The summed E-state index contributed by atoms with van der Waals surface area (Å²) >= 11 is 0. The minimum Gasteiger partial charge on any atom is -0.508 e. The molecule has 0 radical (unpaired) electrons. The molecule has 1 aromatic carbocycles. The zero-order valence-corrected chi connectivity index (χ0v) is 9.45. The van der Waals surface area contributed by atoms with Gasteiger partial charge in [-0.3, -0.25) is 0 Å². The number of hydrogen-bond donors (Lipinski definition) is 1. The van der Waals surface area contributed by atoms with Crippen molar-refractivity contribution in [1.82, 2.24) is 0 Å². The molecule has 1 nitrogen and oxygen atoms in total. The molecule has 0 aliphatic heterocycles. The predicted molar refractivity (Wildman–Crippen MR) is 65.9 cm³/mol. The SMILES string of the molecule is CCCCCC/C=C/c1ccc(O)cc1. The average Bonchev–Trinajstić information content (AvgIpc) is 2.26. The topological polar surface area (TPSA) is 20.2 Å². The molecule has 0 atom stereocenters. The number of allylic oxidation sites excluding steroid dienone is 1. The highest BCUT2D eigenvalue weighted by molar-refractivity contribution is 5.50. The molecule has 0 saturated carbocycles. The molecule has 0 aliphatic rings. The molecule has 0 unspecified atom stereocenters. The first-order valence-corrected chi connectivity index (χ1v) is 5.78. The molecule has 0 saturated heterocycles. The van der Waals surface area contributed by atoms with Gasteiger partial charge in [-0.05, 0) is 30.5 Å². The second-order valence-corrected chi connectivity index (χ2v) is 3.84. The van der Waals surface area contributed by atoms with E-state index in [1.165, 1.54) is 25.7 Å². The lowest BCUT2D eigenvalue weighted by Gasteiger charge is -1.95. The van der Waals surface area contributed by atoms with Gasteiger partial charge in [-0.2, -0.15) is 0 Å². The molecule has 82 valence electrons. The summed E-state index contributed by atoms with van der Waals surface area (Å²) in [5.41, 5.74) is 1.16. The quantitative estimate of drug-likeness (QED) is 0.682. The Kier molecular flexibility index (Phi) is 5.60. The number of phenols is 1. The molecule has 1 rings (SSSR count). The molecular formula is C14H20O. The van der Waals surface area contributed by atoms with Crippen molar-refractivity contribution in [3.63, 3.8) is 0 Å². The fourth-order valence-corrected chi connectivity index (χ4v) is 1.49. The van der Waals surface area contributed by atoms with Crippen LogP contribution in [-0.4, -0.2) is 5.11 Å². The van der Waals surface area contributed by atoms with Crippen molar-refractivity contribution in [2.45, 2.75) is 39.0 Å². The second-order valence-electron chi connectivity index (χ2n) is 3.84. The van der Waals surface area contributed by atoms with Crippen molar-refractivity contribution in [1.29, 1.82) is 0 Å². The zero-order valence-electron chi connectivity index (χ0n) is 9.45. The maximum atomic E-state index is 9.10. The van der Waals surface area contributed by atoms with E-state index in [0.29, 0.717) is 5.75 Å². The van der Waals surface area contributed by atoms with Gasteiger partial charge in [-0.15, -0.1) is 0 Å². The molecule has 1 N–H and O–H groups in total. The monoisotopic (exact) mass is 204 g/mol. The number of aromatic hydroxyl groups is 1. The number of hydrogen-bond acceptors (Lipinski definition) is 1. The van der Waals surface area contributed by atoms with E-state index >= 15 is 0 Å². The first-order chi connectivity index (χ1) is 7.33. The van der Waals surface area contributed by atoms with E-state index in [0.717, 1.165) is 12.0 Å². The van der Waals surface area contributed by atoms with Gasteiger partial charge in [0.2, 0.25) is 0 Å². The van der Waals surface area contributed by atoms with E-state index in [-0.39, 0.29) is 0 Å². The average molecular weight is 204 g/mol. The van der Waals surface area contributed by atoms with Crippen LogP contribution in [0.4, 0.5) is 0 Å². The molecule has 0 heterocycles. The Morgan fingerprint density at radius 3 is 2.47 bits per heavy atom. The van der Waals surface area contributed by atoms with Gasteiger partial charge in [-0.25, -0.2) is 0 Å². The standard InChI is InChI=1S/C14H20O/c1-2-3-4-5-6-7-8-13-9-11-14(15)12-10-13/h7-12,15H,2-6H2,1H3/b8-7+. The number of phenolic OH excluding ortho intramolecular Hbond substituents is 1. The largest absolute Gasteiger partial charge is 0.508 e. The summed E-state index contributed by atoms with van der Waals surface area (Å²) in [5.74, 6) is 0.329. The lowest BCUT2D eigenvalue weighted by Crippen LogP contribution is -1.74. The van der Waals surface area contributed by atoms with Crippen LogP contribution in [0.25, 0.3) is 6.08 Å². The molecule has 0 spiro atoms. The summed E-state index contributed by atoms with van der Waals surface area (Å²) in [5, 5.41) is 9.10. The summed E-state index contributed by atoms with van der Waals surface area (Å²) in [6.07, 6.45) is 10.7. The van der Waals surface area contributed by atoms with Crippen LogP contribution < -0.4 is 0 Å². The van der Waals surface area contributed by atoms with Gasteiger partial charge in [0.1, 0.15) is 5.75 Å². The third-order valence-corrected chi connectivity index (χ3v) is 2.43. The molecule has 0 aliphatic carbocycles. The van der Waals surface area contributed by atoms with Crippen molar-refractivity contribution < 1.29 is 5.11 Å². The van der Waals surface area contributed by atoms with Crippen LogP contribution in [0.15, 0.2) is 30.3 Å². The zero-order chi connectivity index (χ0) is 10.9. The fraction of sp³-hybridized carbons (Fsp3) is 0.429. The lowest BCUT2D eigenvalue weighted by atomic mass is 10.1. The van der Waals surface area contributed by atoms with Crippen LogP contribution in [0.1, 0.15) is 44.6 Å². The van der Waals surface area contributed by atoms with Crippen LogP contribution in [0, 0.1) is 0 Å². The van der Waals surface area contributed by atoms with Gasteiger partial charge in [0.15, 0.2) is 0 Å². The van der Waals surface area contributed by atoms with Gasteiger partial charge in [0, 0.05) is 0 Å². The highest BCUT2D eigenvalue weighted by Gasteiger charge is 1.88. The van der Waals surface area contributed by atoms with Crippen LogP contribution >= 0.6 is 0 Å². The number of unbranched alkanes of at least 4 members (excludes halogenated alkanes) is 4. The summed E-state index contributed by atoms with van der Waals surface area (Å²) in [6, 6.07) is 7.29. The highest BCUT2D eigenvalue weighted by atomic mass is 16.3. The Bertz CT molecular complexity index is 285. The third-order valence-electron chi connectivity index (χ3n) is 2.43. The van der Waals surface area contributed by atoms with Crippen LogP contribution in [-0.2, 0) is 0 Å². The summed E-state index contributed by atoms with van der Waals surface area (Å²) in [6.45, 7) is 2.23. The molecule has 1 aromatic rings. The van der Waals surface area contributed by atoms with Crippen molar-refractivity contribution in [3.8, 4) is 5.75 Å². The van der Waals surface area contributed by atoms with E-state index in [4.69, 9.17) is 5.11 Å². The first-order valence-electron chi connectivity index (χ1n) is 5.78. The highest BCUT2D eigenvalue weighted by Crippen LogP contribution is 2.11. The number of benzene rings is 1. The Labute approximate surface area is 92.5 Å². The Morgan fingerprint density at radius 2 is 1.80 bits per heavy atom. The van der Waals surface area contributed by atoms with E-state index in [2.05, 4.69) is 19.1 Å². The predicted octanol–water partition coefficient (Wildman–Crippen LogP) is 4.38. The third kappa shape index (κ3) is 5.26. The summed E-state index contributed by atoms with van der Waals surface area (Å²) < 4.78 is 0. The Balaban J connectivity index is 2.23. The van der Waals surface area contributed by atoms with E-state index < -0.39 is 0 Å². The van der Waals surface area contributed by atoms with Crippen LogP contribution in [0.2, 0.25) is 0 Å². The molecule has 1 heteroatoms. The van der Waals surface area contributed by atoms with Gasteiger partial charge in [0.25, 0.3) is 0 Å². The molecule has 15 heavy (non-hydrogen) atoms. The smallest absolute Gasteiger partial charge is 0.115 e. The molecule has 0 bridgehead atoms. The van der Waals surface area contributed by atoms with Crippen molar-refractivity contribution in [2.24, 2.45) is 0 Å². The maximum absolute atomic E-state index is 9.10. The summed E-state index contributed by atoms with van der Waals surface area (Å²) in [7, 11) is 0. The van der Waals surface area contributed by atoms with Gasteiger partial charge in [0.05, 0.1) is 0 Å². The molecule has 0 fully saturated rings. The molecule has 0 amide bonds. The fourth-order valence-electron chi connectivity index (χ4n) is 1.49. The minimum atomic E-state index is 0.329. The van der Waals surface area contributed by atoms with Gasteiger partial charge >= 0.3 is 0 Å². The van der Waals surface area contributed by atoms with Crippen LogP contribution in [0.3, 0.4) is 0 Å². The van der Waals surface area contributed by atoms with Crippen molar-refractivity contribution >= 4 is 6.08 Å². The number of rotatable bonds is 6. The van der Waals surface area contributed by atoms with E-state index in [9.17, 15) is 0 Å². The van der Waals surface area contributed by atoms with Gasteiger partial charge in [-0.1, -0.05) is 50.5 Å². The Morgan fingerprint density at radius 1 is 1.07 bits per heavy atom. The molecule has 0 aromatic heterocycles. The maximum Gasteiger partial charge on any atom is 0.115 e. The van der Waals surface area contributed by atoms with Crippen molar-refractivity contribution in [2.75, 3.05) is 0 Å². The van der Waals surface area contributed by atoms with Gasteiger partial charge < -0.3 is 5.11 Å². The minimum absolute atomic E-state index is 0.329. The second kappa shape index (κ2) is 7.10. The van der Waals surface area contributed by atoms with E-state index in [1.54, 1.807) is 12.1 Å². The first kappa shape index (κ1) is 11.8. The van der Waals surface area contributed by atoms with Crippen LogP contribution in [0.5, 0.6) is 5.75 Å². The molecular weight excluding hydrogens is 184 g/mol. The lowest BCUT2D eigenvalue weighted by molar-refractivity contribution is 0.475. The Hall–Kier alpha value is -1.24.